The summed E-state index contributed by atoms with van der Waals surface area (Å²) in [6, 6.07) is 0. The highest BCUT2D eigenvalue weighted by atomic mass is 16.1. The molecule has 0 bridgehead atoms. The van der Waals surface area contributed by atoms with Crippen molar-refractivity contribution in [3.8, 4) is 0 Å². The molecule has 12 heavy (non-hydrogen) atoms. The molecule has 0 aliphatic heterocycles. The van der Waals surface area contributed by atoms with E-state index >= 15 is 0 Å². The molecule has 70 valence electrons. The van der Waals surface area contributed by atoms with Crippen molar-refractivity contribution in [3.05, 3.63) is 12.2 Å². The Morgan fingerprint density at radius 1 is 1.50 bits per heavy atom. The van der Waals surface area contributed by atoms with Gasteiger partial charge in [0.2, 0.25) is 5.91 Å². The van der Waals surface area contributed by atoms with Crippen LogP contribution in [0.3, 0.4) is 0 Å². The second kappa shape index (κ2) is 4.29. The SMILES string of the molecule is C=C(C)C(=O)NC(C)(C)CCC. The van der Waals surface area contributed by atoms with Crippen LogP contribution in [-0.2, 0) is 4.79 Å². The third kappa shape index (κ3) is 4.16. The molecule has 1 amide bonds. The summed E-state index contributed by atoms with van der Waals surface area (Å²) in [7, 11) is 0. The van der Waals surface area contributed by atoms with Gasteiger partial charge < -0.3 is 5.32 Å². The van der Waals surface area contributed by atoms with Crippen LogP contribution in [-0.4, -0.2) is 11.4 Å². The molecule has 0 saturated heterocycles. The van der Waals surface area contributed by atoms with E-state index in [9.17, 15) is 4.79 Å². The Bertz CT molecular complexity index is 182. The van der Waals surface area contributed by atoms with Crippen LogP contribution in [0.25, 0.3) is 0 Å². The molecule has 0 unspecified atom stereocenters. The molecule has 0 aliphatic carbocycles. The zero-order valence-corrected chi connectivity index (χ0v) is 8.53. The Balaban J connectivity index is 4.05. The first kappa shape index (κ1) is 11.2. The van der Waals surface area contributed by atoms with E-state index in [-0.39, 0.29) is 11.4 Å². The highest BCUT2D eigenvalue weighted by Crippen LogP contribution is 2.11. The van der Waals surface area contributed by atoms with Crippen molar-refractivity contribution in [2.75, 3.05) is 0 Å². The van der Waals surface area contributed by atoms with E-state index in [1.807, 2.05) is 13.8 Å². The fraction of sp³-hybridized carbons (Fsp3) is 0.700. The van der Waals surface area contributed by atoms with Crippen molar-refractivity contribution in [2.45, 2.75) is 46.1 Å². The molecule has 2 nitrogen and oxygen atoms in total. The first-order valence-electron chi connectivity index (χ1n) is 4.37. The molecular formula is C10H19NO. The number of amides is 1. The van der Waals surface area contributed by atoms with Crippen LogP contribution < -0.4 is 5.32 Å². The van der Waals surface area contributed by atoms with Gasteiger partial charge in [0.15, 0.2) is 0 Å². The summed E-state index contributed by atoms with van der Waals surface area (Å²) in [6.45, 7) is 11.5. The van der Waals surface area contributed by atoms with Crippen LogP contribution in [0.4, 0.5) is 0 Å². The minimum absolute atomic E-state index is 0.0477. The molecule has 0 spiro atoms. The summed E-state index contributed by atoms with van der Waals surface area (Å²) in [5.41, 5.74) is 0.462. The van der Waals surface area contributed by atoms with Gasteiger partial charge in [0.1, 0.15) is 0 Å². The van der Waals surface area contributed by atoms with Crippen LogP contribution in [0.1, 0.15) is 40.5 Å². The zero-order chi connectivity index (χ0) is 9.78. The lowest BCUT2D eigenvalue weighted by atomic mass is 9.98. The van der Waals surface area contributed by atoms with Gasteiger partial charge in [-0.05, 0) is 27.2 Å². The lowest BCUT2D eigenvalue weighted by Crippen LogP contribution is -2.43. The summed E-state index contributed by atoms with van der Waals surface area (Å²) in [4.78, 5) is 11.2. The standard InChI is InChI=1S/C10H19NO/c1-6-7-10(4,5)11-9(12)8(2)3/h2,6-7H2,1,3-5H3,(H,11,12). The van der Waals surface area contributed by atoms with Gasteiger partial charge in [-0.2, -0.15) is 0 Å². The molecule has 0 aromatic carbocycles. The van der Waals surface area contributed by atoms with Crippen molar-refractivity contribution in [1.29, 1.82) is 0 Å². The summed E-state index contributed by atoms with van der Waals surface area (Å²) >= 11 is 0. The number of carbonyl (C=O) groups excluding carboxylic acids is 1. The maximum atomic E-state index is 11.2. The largest absolute Gasteiger partial charge is 0.347 e. The van der Waals surface area contributed by atoms with Gasteiger partial charge >= 0.3 is 0 Å². The number of hydrogen-bond acceptors (Lipinski definition) is 1. The van der Waals surface area contributed by atoms with Crippen molar-refractivity contribution in [1.82, 2.24) is 5.32 Å². The molecule has 0 atom stereocenters. The quantitative estimate of drug-likeness (QED) is 0.642. The Morgan fingerprint density at radius 2 is 2.00 bits per heavy atom. The lowest BCUT2D eigenvalue weighted by molar-refractivity contribution is -0.119. The van der Waals surface area contributed by atoms with Crippen LogP contribution in [0, 0.1) is 0 Å². The average Bonchev–Trinajstić information content (AvgIpc) is 1.85. The third-order valence-electron chi connectivity index (χ3n) is 1.71. The zero-order valence-electron chi connectivity index (χ0n) is 8.53. The normalized spacial score (nSPS) is 11.0. The Morgan fingerprint density at radius 3 is 2.33 bits per heavy atom. The Kier molecular flexibility index (Phi) is 4.01. The van der Waals surface area contributed by atoms with Gasteiger partial charge in [0.25, 0.3) is 0 Å². The molecule has 0 fully saturated rings. The predicted molar refractivity (Wildman–Crippen MR) is 51.9 cm³/mol. The number of carbonyl (C=O) groups is 1. The maximum Gasteiger partial charge on any atom is 0.246 e. The highest BCUT2D eigenvalue weighted by Gasteiger charge is 2.18. The van der Waals surface area contributed by atoms with Crippen LogP contribution in [0.5, 0.6) is 0 Å². The van der Waals surface area contributed by atoms with E-state index in [0.29, 0.717) is 5.57 Å². The molecule has 0 aromatic rings. The lowest BCUT2D eigenvalue weighted by Gasteiger charge is -2.25. The van der Waals surface area contributed by atoms with Crippen molar-refractivity contribution >= 4 is 5.91 Å². The van der Waals surface area contributed by atoms with Crippen LogP contribution in [0.15, 0.2) is 12.2 Å². The molecule has 2 heteroatoms. The van der Waals surface area contributed by atoms with E-state index < -0.39 is 0 Å². The van der Waals surface area contributed by atoms with E-state index in [1.165, 1.54) is 0 Å². The Labute approximate surface area is 75.0 Å². The number of rotatable bonds is 4. The van der Waals surface area contributed by atoms with Gasteiger partial charge in [-0.3, -0.25) is 4.79 Å². The van der Waals surface area contributed by atoms with Gasteiger partial charge in [0, 0.05) is 11.1 Å². The topological polar surface area (TPSA) is 29.1 Å². The molecule has 1 N–H and O–H groups in total. The summed E-state index contributed by atoms with van der Waals surface area (Å²) < 4.78 is 0. The first-order valence-corrected chi connectivity index (χ1v) is 4.37. The predicted octanol–water partition coefficient (Wildman–Crippen LogP) is 2.26. The fourth-order valence-corrected chi connectivity index (χ4v) is 1.10. The van der Waals surface area contributed by atoms with E-state index in [0.717, 1.165) is 12.8 Å². The fourth-order valence-electron chi connectivity index (χ4n) is 1.10. The molecule has 0 radical (unpaired) electrons. The summed E-state index contributed by atoms with van der Waals surface area (Å²) in [6.07, 6.45) is 2.06. The van der Waals surface area contributed by atoms with Gasteiger partial charge in [-0.1, -0.05) is 19.9 Å². The van der Waals surface area contributed by atoms with Gasteiger partial charge in [-0.25, -0.2) is 0 Å². The Hall–Kier alpha value is -0.790. The number of hydrogen-bond donors (Lipinski definition) is 1. The number of nitrogens with one attached hydrogen (secondary N) is 1. The minimum atomic E-state index is -0.106. The minimum Gasteiger partial charge on any atom is -0.347 e. The van der Waals surface area contributed by atoms with Crippen molar-refractivity contribution in [2.24, 2.45) is 0 Å². The van der Waals surface area contributed by atoms with Gasteiger partial charge in [0.05, 0.1) is 0 Å². The van der Waals surface area contributed by atoms with Crippen molar-refractivity contribution in [3.63, 3.8) is 0 Å². The second-order valence-electron chi connectivity index (χ2n) is 3.87. The highest BCUT2D eigenvalue weighted by molar-refractivity contribution is 5.92. The maximum absolute atomic E-state index is 11.2. The molecule has 0 aliphatic rings. The molecule has 0 rings (SSSR count). The first-order chi connectivity index (χ1) is 5.39. The third-order valence-corrected chi connectivity index (χ3v) is 1.71. The smallest absolute Gasteiger partial charge is 0.246 e. The second-order valence-corrected chi connectivity index (χ2v) is 3.87. The molecule has 0 aromatic heterocycles. The summed E-state index contributed by atoms with van der Waals surface area (Å²) in [5, 5.41) is 2.92. The average molecular weight is 169 g/mol. The van der Waals surface area contributed by atoms with Crippen molar-refractivity contribution < 1.29 is 4.79 Å². The van der Waals surface area contributed by atoms with Crippen LogP contribution in [0.2, 0.25) is 0 Å². The molecular weight excluding hydrogens is 150 g/mol. The molecule has 0 saturated carbocycles. The molecule has 0 heterocycles. The van der Waals surface area contributed by atoms with Crippen LogP contribution >= 0.6 is 0 Å². The van der Waals surface area contributed by atoms with E-state index in [2.05, 4.69) is 18.8 Å². The van der Waals surface area contributed by atoms with E-state index in [4.69, 9.17) is 0 Å². The summed E-state index contributed by atoms with van der Waals surface area (Å²) in [5.74, 6) is -0.0477. The monoisotopic (exact) mass is 169 g/mol. The van der Waals surface area contributed by atoms with E-state index in [1.54, 1.807) is 6.92 Å². The van der Waals surface area contributed by atoms with Gasteiger partial charge in [-0.15, -0.1) is 0 Å².